The highest BCUT2D eigenvalue weighted by molar-refractivity contribution is 5.85. The van der Waals surface area contributed by atoms with E-state index in [0.29, 0.717) is 16.5 Å². The molecular formula is C32H34N4O8. The van der Waals surface area contributed by atoms with E-state index in [-0.39, 0.29) is 35.4 Å². The summed E-state index contributed by atoms with van der Waals surface area (Å²) in [5.41, 5.74) is 2.27. The summed E-state index contributed by atoms with van der Waals surface area (Å²) >= 11 is 0. The molecule has 4 aromatic rings. The number of benzene rings is 3. The summed E-state index contributed by atoms with van der Waals surface area (Å²) in [6.45, 7) is 9.16. The Morgan fingerprint density at radius 1 is 1.09 bits per heavy atom. The highest BCUT2D eigenvalue weighted by atomic mass is 16.6. The Kier molecular flexibility index (Phi) is 9.62. The van der Waals surface area contributed by atoms with Gasteiger partial charge in [0, 0.05) is 17.2 Å². The second-order valence-corrected chi connectivity index (χ2v) is 10.2. The normalized spacial score (nSPS) is 12.0. The molecule has 0 aliphatic rings. The Labute approximate surface area is 254 Å². The molecule has 0 fully saturated rings. The molecule has 1 atom stereocenters. The summed E-state index contributed by atoms with van der Waals surface area (Å²) in [6, 6.07) is 13.4. The first-order chi connectivity index (χ1) is 21.0. The summed E-state index contributed by atoms with van der Waals surface area (Å²) in [5, 5.41) is 16.9. The number of aromatic nitrogens is 2. The maximum atomic E-state index is 13.8. The van der Waals surface area contributed by atoms with E-state index in [1.807, 2.05) is 32.9 Å². The molecule has 0 radical (unpaired) electrons. The van der Waals surface area contributed by atoms with Crippen LogP contribution in [0.3, 0.4) is 0 Å². The highest BCUT2D eigenvalue weighted by Gasteiger charge is 2.27. The zero-order chi connectivity index (χ0) is 32.1. The smallest absolute Gasteiger partial charge is 0.347 e. The van der Waals surface area contributed by atoms with E-state index in [4.69, 9.17) is 23.9 Å². The number of nitro groups is 1. The van der Waals surface area contributed by atoms with Crippen LogP contribution < -0.4 is 19.8 Å². The minimum atomic E-state index is -1.13. The van der Waals surface area contributed by atoms with Crippen LogP contribution in [0.4, 0.5) is 5.69 Å². The Hall–Kier alpha value is -5.26. The number of esters is 1. The molecule has 0 N–H and O–H groups in total. The lowest BCUT2D eigenvalue weighted by atomic mass is 9.96. The van der Waals surface area contributed by atoms with Crippen molar-refractivity contribution in [3.63, 3.8) is 0 Å². The van der Waals surface area contributed by atoms with Gasteiger partial charge in [0.2, 0.25) is 5.75 Å². The summed E-state index contributed by atoms with van der Waals surface area (Å²) in [4.78, 5) is 42.1. The molecular weight excluding hydrogens is 568 g/mol. The first-order valence-electron chi connectivity index (χ1n) is 13.9. The van der Waals surface area contributed by atoms with E-state index >= 15 is 0 Å². The van der Waals surface area contributed by atoms with Gasteiger partial charge in [0.15, 0.2) is 17.7 Å². The van der Waals surface area contributed by atoms with Gasteiger partial charge in [-0.1, -0.05) is 26.0 Å². The zero-order valence-corrected chi connectivity index (χ0v) is 25.6. The number of para-hydroxylation sites is 1. The second kappa shape index (κ2) is 13.4. The van der Waals surface area contributed by atoms with E-state index in [2.05, 4.69) is 5.10 Å². The lowest BCUT2D eigenvalue weighted by Gasteiger charge is -2.17. The van der Waals surface area contributed by atoms with Crippen LogP contribution in [-0.4, -0.2) is 53.7 Å². The van der Waals surface area contributed by atoms with Crippen LogP contribution in [0.1, 0.15) is 50.3 Å². The van der Waals surface area contributed by atoms with Crippen LogP contribution in [0, 0.1) is 17.0 Å². The zero-order valence-electron chi connectivity index (χ0n) is 25.6. The minimum Gasteiger partial charge on any atom is -0.496 e. The topological polar surface area (TPSA) is 144 Å². The Morgan fingerprint density at radius 2 is 1.80 bits per heavy atom. The largest absolute Gasteiger partial charge is 0.496 e. The van der Waals surface area contributed by atoms with Crippen LogP contribution in [0.2, 0.25) is 0 Å². The van der Waals surface area contributed by atoms with Gasteiger partial charge in [-0.05, 0) is 68.1 Å². The highest BCUT2D eigenvalue weighted by Crippen LogP contribution is 2.39. The third kappa shape index (κ3) is 6.38. The molecule has 0 aliphatic heterocycles. The van der Waals surface area contributed by atoms with Gasteiger partial charge in [-0.2, -0.15) is 9.78 Å². The Bertz CT molecular complexity index is 1810. The molecule has 0 unspecified atom stereocenters. The van der Waals surface area contributed by atoms with Crippen LogP contribution in [0.25, 0.3) is 22.3 Å². The predicted molar refractivity (Wildman–Crippen MR) is 166 cm³/mol. The average Bonchev–Trinajstić information content (AvgIpc) is 3.00. The van der Waals surface area contributed by atoms with Crippen molar-refractivity contribution in [3.05, 3.63) is 85.7 Å². The molecule has 230 valence electrons. The molecule has 0 saturated heterocycles. The quantitative estimate of drug-likeness (QED) is 0.0922. The number of nitrogens with zero attached hydrogens (tertiary/aromatic N) is 4. The summed E-state index contributed by atoms with van der Waals surface area (Å²) in [6.07, 6.45) is 0.174. The minimum absolute atomic E-state index is 0.00594. The first kappa shape index (κ1) is 31.7. The first-order valence-corrected chi connectivity index (χ1v) is 13.9. The van der Waals surface area contributed by atoms with Crippen molar-refractivity contribution >= 4 is 28.8 Å². The van der Waals surface area contributed by atoms with Crippen molar-refractivity contribution in [2.75, 3.05) is 20.8 Å². The lowest BCUT2D eigenvalue weighted by Crippen LogP contribution is -2.26. The molecule has 0 bridgehead atoms. The number of nitro benzene ring substituents is 1. The van der Waals surface area contributed by atoms with Gasteiger partial charge < -0.3 is 18.9 Å². The van der Waals surface area contributed by atoms with Gasteiger partial charge in [0.05, 0.1) is 42.9 Å². The molecule has 4 rings (SSSR count). The number of methoxy groups -OCH3 is 2. The summed E-state index contributed by atoms with van der Waals surface area (Å²) < 4.78 is 22.7. The molecule has 3 aromatic carbocycles. The van der Waals surface area contributed by atoms with Crippen molar-refractivity contribution < 1.29 is 28.7 Å². The van der Waals surface area contributed by atoms with E-state index in [0.717, 1.165) is 16.9 Å². The van der Waals surface area contributed by atoms with Gasteiger partial charge in [-0.15, -0.1) is 0 Å². The predicted octanol–water partition coefficient (Wildman–Crippen LogP) is 5.63. The van der Waals surface area contributed by atoms with Gasteiger partial charge in [0.1, 0.15) is 5.75 Å². The van der Waals surface area contributed by atoms with Crippen molar-refractivity contribution in [2.24, 2.45) is 5.10 Å². The number of carbonyl (C=O) groups excluding carboxylic acids is 1. The number of hydrogen-bond acceptors (Lipinski definition) is 10. The Balaban J connectivity index is 1.90. The number of rotatable bonds is 11. The maximum Gasteiger partial charge on any atom is 0.347 e. The van der Waals surface area contributed by atoms with E-state index in [1.54, 1.807) is 38.3 Å². The summed E-state index contributed by atoms with van der Waals surface area (Å²) in [7, 11) is 2.92. The van der Waals surface area contributed by atoms with Gasteiger partial charge in [-0.3, -0.25) is 14.9 Å². The number of hydrogen-bond donors (Lipinski definition) is 0. The fourth-order valence-electron chi connectivity index (χ4n) is 4.67. The fourth-order valence-corrected chi connectivity index (χ4v) is 4.67. The van der Waals surface area contributed by atoms with E-state index in [9.17, 15) is 19.7 Å². The molecule has 1 heterocycles. The molecule has 12 heteroatoms. The van der Waals surface area contributed by atoms with Crippen LogP contribution in [0.15, 0.2) is 58.4 Å². The molecule has 0 aliphatic carbocycles. The van der Waals surface area contributed by atoms with Crippen molar-refractivity contribution in [1.82, 2.24) is 9.66 Å². The van der Waals surface area contributed by atoms with Crippen molar-refractivity contribution in [3.8, 4) is 28.6 Å². The number of carbonyl (C=O) groups is 1. The third-order valence-electron chi connectivity index (χ3n) is 6.90. The monoisotopic (exact) mass is 602 g/mol. The third-order valence-corrected chi connectivity index (χ3v) is 6.90. The standard InChI is InChI=1S/C32H34N4O8/c1-8-43-32(38)20(5)44-29-26(36(39)40)14-21(15-28(29)42-7)17-33-35-30(34-25-12-10-9-11-22(25)31(35)37)24-16-23(18(2)3)27(41-6)13-19(24)4/h9-18,20H,8H2,1-7H3/t20-/m0/s1. The molecule has 44 heavy (non-hydrogen) atoms. The number of aryl methyl sites for hydroxylation is 1. The number of ether oxygens (including phenoxy) is 4. The molecule has 0 amide bonds. The lowest BCUT2D eigenvalue weighted by molar-refractivity contribution is -0.386. The van der Waals surface area contributed by atoms with Crippen molar-refractivity contribution in [2.45, 2.75) is 46.6 Å². The van der Waals surface area contributed by atoms with Crippen LogP contribution in [0.5, 0.6) is 17.2 Å². The fraction of sp³-hybridized carbons (Fsp3) is 0.312. The maximum absolute atomic E-state index is 13.8. The Morgan fingerprint density at radius 3 is 2.43 bits per heavy atom. The van der Waals surface area contributed by atoms with E-state index in [1.165, 1.54) is 37.1 Å². The second-order valence-electron chi connectivity index (χ2n) is 10.2. The molecule has 0 spiro atoms. The van der Waals surface area contributed by atoms with Crippen LogP contribution in [-0.2, 0) is 9.53 Å². The number of fused-ring (bicyclic) bond motifs is 1. The van der Waals surface area contributed by atoms with Gasteiger partial charge in [0.25, 0.3) is 5.56 Å². The average molecular weight is 603 g/mol. The molecule has 12 nitrogen and oxygen atoms in total. The van der Waals surface area contributed by atoms with Gasteiger partial charge in [-0.25, -0.2) is 9.78 Å². The molecule has 1 aromatic heterocycles. The molecule has 0 saturated carbocycles. The van der Waals surface area contributed by atoms with E-state index < -0.39 is 28.2 Å². The van der Waals surface area contributed by atoms with Crippen molar-refractivity contribution in [1.29, 1.82) is 0 Å². The van der Waals surface area contributed by atoms with Gasteiger partial charge >= 0.3 is 11.7 Å². The SMILES string of the molecule is CCOC(=O)[C@H](C)Oc1c(OC)cc(C=Nn2c(-c3cc(C(C)C)c(OC)cc3C)nc3ccccc3c2=O)cc1[N+](=O)[O-]. The summed E-state index contributed by atoms with van der Waals surface area (Å²) in [5.74, 6) is 0.201. The van der Waals surface area contributed by atoms with Crippen LogP contribution >= 0.6 is 0 Å².